The summed E-state index contributed by atoms with van der Waals surface area (Å²) in [5.74, 6) is 1.65. The number of benzene rings is 8. The van der Waals surface area contributed by atoms with Gasteiger partial charge in [-0.05, 0) is 80.9 Å². The molecule has 0 fully saturated rings. The van der Waals surface area contributed by atoms with Gasteiger partial charge in [-0.2, -0.15) is 5.26 Å². The molecule has 10 rings (SSSR count). The molecule has 2 heterocycles. The van der Waals surface area contributed by atoms with Gasteiger partial charge in [-0.3, -0.25) is 0 Å². The molecule has 0 aliphatic rings. The Labute approximate surface area is 329 Å². The molecule has 0 radical (unpaired) electrons. The van der Waals surface area contributed by atoms with E-state index in [4.69, 9.17) is 19.4 Å². The van der Waals surface area contributed by atoms with Gasteiger partial charge in [-0.1, -0.05) is 158 Å². The number of aromatic nitrogens is 3. The first-order valence-electron chi connectivity index (χ1n) is 18.8. The third-order valence-corrected chi connectivity index (χ3v) is 10.4. The fourth-order valence-electron chi connectivity index (χ4n) is 7.59. The minimum Gasteiger partial charge on any atom is -0.456 e. The van der Waals surface area contributed by atoms with Gasteiger partial charge in [0.2, 0.25) is 0 Å². The number of rotatable bonds is 7. The van der Waals surface area contributed by atoms with E-state index in [0.29, 0.717) is 23.0 Å². The van der Waals surface area contributed by atoms with Crippen molar-refractivity contribution in [3.63, 3.8) is 0 Å². The van der Waals surface area contributed by atoms with E-state index in [-0.39, 0.29) is 0 Å². The molecule has 0 aliphatic carbocycles. The summed E-state index contributed by atoms with van der Waals surface area (Å²) in [6, 6.07) is 68.1. The van der Waals surface area contributed by atoms with E-state index in [1.165, 1.54) is 11.1 Å². The minimum atomic E-state index is 0.536. The summed E-state index contributed by atoms with van der Waals surface area (Å²) in [5.41, 5.74) is 13.3. The van der Waals surface area contributed by atoms with Crippen LogP contribution >= 0.6 is 0 Å². The van der Waals surface area contributed by atoms with Gasteiger partial charge in [-0.25, -0.2) is 15.0 Å². The molecule has 0 amide bonds. The maximum absolute atomic E-state index is 9.56. The van der Waals surface area contributed by atoms with Gasteiger partial charge in [0.1, 0.15) is 11.2 Å². The molecule has 5 heteroatoms. The van der Waals surface area contributed by atoms with E-state index in [1.807, 2.05) is 97.1 Å². The van der Waals surface area contributed by atoms with Crippen molar-refractivity contribution in [3.8, 4) is 84.7 Å². The molecular formula is C52H32N4O. The summed E-state index contributed by atoms with van der Waals surface area (Å²) < 4.78 is 6.57. The Hall–Kier alpha value is -7.94. The first-order valence-corrected chi connectivity index (χ1v) is 18.8. The lowest BCUT2D eigenvalue weighted by atomic mass is 9.96. The second-order valence-electron chi connectivity index (χ2n) is 13.9. The number of furan rings is 1. The normalized spacial score (nSPS) is 11.1. The Morgan fingerprint density at radius 2 is 0.860 bits per heavy atom. The van der Waals surface area contributed by atoms with Crippen molar-refractivity contribution in [3.05, 3.63) is 200 Å². The lowest BCUT2D eigenvalue weighted by molar-refractivity contribution is 0.669. The Kier molecular flexibility index (Phi) is 8.48. The van der Waals surface area contributed by atoms with Crippen molar-refractivity contribution in [1.82, 2.24) is 15.0 Å². The maximum atomic E-state index is 9.56. The van der Waals surface area contributed by atoms with Crippen LogP contribution in [0.3, 0.4) is 0 Å². The zero-order valence-electron chi connectivity index (χ0n) is 30.7. The average molecular weight is 729 g/mol. The van der Waals surface area contributed by atoms with E-state index in [2.05, 4.69) is 103 Å². The number of fused-ring (bicyclic) bond motifs is 3. The predicted molar refractivity (Wildman–Crippen MR) is 230 cm³/mol. The molecule has 0 N–H and O–H groups in total. The van der Waals surface area contributed by atoms with Crippen molar-refractivity contribution in [1.29, 1.82) is 5.26 Å². The van der Waals surface area contributed by atoms with Crippen LogP contribution in [0.2, 0.25) is 0 Å². The van der Waals surface area contributed by atoms with Crippen LogP contribution in [-0.4, -0.2) is 15.0 Å². The van der Waals surface area contributed by atoms with E-state index in [1.54, 1.807) is 0 Å². The third-order valence-electron chi connectivity index (χ3n) is 10.4. The third kappa shape index (κ3) is 6.42. The first-order chi connectivity index (χ1) is 28.2. The summed E-state index contributed by atoms with van der Waals surface area (Å²) >= 11 is 0. The zero-order chi connectivity index (χ0) is 38.1. The molecular weight excluding hydrogens is 697 g/mol. The number of hydrogen-bond donors (Lipinski definition) is 0. The minimum absolute atomic E-state index is 0.536. The van der Waals surface area contributed by atoms with Crippen LogP contribution in [0.5, 0.6) is 0 Å². The predicted octanol–water partition coefficient (Wildman–Crippen LogP) is 13.3. The lowest BCUT2D eigenvalue weighted by Crippen LogP contribution is -2.01. The van der Waals surface area contributed by atoms with Gasteiger partial charge in [0.15, 0.2) is 17.5 Å². The zero-order valence-corrected chi connectivity index (χ0v) is 30.7. The second-order valence-corrected chi connectivity index (χ2v) is 13.9. The highest BCUT2D eigenvalue weighted by molar-refractivity contribution is 6.13. The van der Waals surface area contributed by atoms with Crippen molar-refractivity contribution < 1.29 is 4.42 Å². The molecule has 0 aliphatic heterocycles. The molecule has 0 saturated carbocycles. The standard InChI is InChI=1S/C52H32N4O/c53-33-34-12-9-17-39(30-34)40-18-10-19-41(31-40)50-54-51(56-52(55-50)45-21-8-7-20-43(45)37-15-5-2-6-16-37)42-28-29-46-48(32-42)57-47-23-11-22-44(49(46)47)38-26-24-36(25-27-38)35-13-3-1-4-14-35/h1-32H. The summed E-state index contributed by atoms with van der Waals surface area (Å²) in [5, 5.41) is 11.6. The quantitative estimate of drug-likeness (QED) is 0.163. The monoisotopic (exact) mass is 728 g/mol. The first kappa shape index (κ1) is 33.6. The Bertz CT molecular complexity index is 3130. The Morgan fingerprint density at radius 1 is 0.351 bits per heavy atom. The van der Waals surface area contributed by atoms with Crippen LogP contribution in [0.1, 0.15) is 5.56 Å². The summed E-state index contributed by atoms with van der Waals surface area (Å²) in [6.45, 7) is 0. The molecule has 0 spiro atoms. The highest BCUT2D eigenvalue weighted by Crippen LogP contribution is 2.39. The summed E-state index contributed by atoms with van der Waals surface area (Å²) in [6.07, 6.45) is 0. The molecule has 57 heavy (non-hydrogen) atoms. The van der Waals surface area contributed by atoms with Gasteiger partial charge in [0.25, 0.3) is 0 Å². The topological polar surface area (TPSA) is 75.6 Å². The summed E-state index contributed by atoms with van der Waals surface area (Å²) in [4.78, 5) is 15.4. The van der Waals surface area contributed by atoms with Crippen molar-refractivity contribution in [2.24, 2.45) is 0 Å². The van der Waals surface area contributed by atoms with Gasteiger partial charge in [0, 0.05) is 27.5 Å². The van der Waals surface area contributed by atoms with Gasteiger partial charge in [0.05, 0.1) is 11.6 Å². The van der Waals surface area contributed by atoms with Crippen molar-refractivity contribution >= 4 is 21.9 Å². The molecule has 0 saturated heterocycles. The van der Waals surface area contributed by atoms with Crippen LogP contribution in [0, 0.1) is 11.3 Å². The molecule has 0 atom stereocenters. The van der Waals surface area contributed by atoms with Gasteiger partial charge >= 0.3 is 0 Å². The largest absolute Gasteiger partial charge is 0.456 e. The smallest absolute Gasteiger partial charge is 0.164 e. The fraction of sp³-hybridized carbons (Fsp3) is 0. The fourth-order valence-corrected chi connectivity index (χ4v) is 7.59. The van der Waals surface area contributed by atoms with Crippen LogP contribution in [0.4, 0.5) is 0 Å². The number of hydrogen-bond acceptors (Lipinski definition) is 5. The molecule has 2 aromatic heterocycles. The lowest BCUT2D eigenvalue weighted by Gasteiger charge is -2.12. The SMILES string of the molecule is N#Cc1cccc(-c2cccc(-c3nc(-c4ccc5c(c4)oc4cccc(-c6ccc(-c7ccccc7)cc6)c45)nc(-c4ccccc4-c4ccccc4)n3)c2)c1. The van der Waals surface area contributed by atoms with E-state index in [0.717, 1.165) is 72.0 Å². The maximum Gasteiger partial charge on any atom is 0.164 e. The van der Waals surface area contributed by atoms with Crippen molar-refractivity contribution in [2.45, 2.75) is 0 Å². The molecule has 10 aromatic rings. The van der Waals surface area contributed by atoms with Crippen LogP contribution in [-0.2, 0) is 0 Å². The Balaban J connectivity index is 1.11. The highest BCUT2D eigenvalue weighted by atomic mass is 16.3. The van der Waals surface area contributed by atoms with E-state index in [9.17, 15) is 5.26 Å². The van der Waals surface area contributed by atoms with Crippen LogP contribution in [0.25, 0.3) is 101 Å². The molecule has 266 valence electrons. The van der Waals surface area contributed by atoms with Gasteiger partial charge in [-0.15, -0.1) is 0 Å². The van der Waals surface area contributed by atoms with Crippen LogP contribution in [0.15, 0.2) is 199 Å². The van der Waals surface area contributed by atoms with Gasteiger partial charge < -0.3 is 4.42 Å². The molecule has 8 aromatic carbocycles. The van der Waals surface area contributed by atoms with E-state index < -0.39 is 0 Å². The average Bonchev–Trinajstić information content (AvgIpc) is 3.68. The van der Waals surface area contributed by atoms with E-state index >= 15 is 0 Å². The highest BCUT2D eigenvalue weighted by Gasteiger charge is 2.18. The number of nitriles is 1. The molecule has 0 bridgehead atoms. The molecule has 0 unspecified atom stereocenters. The Morgan fingerprint density at radius 3 is 1.61 bits per heavy atom. The summed E-state index contributed by atoms with van der Waals surface area (Å²) in [7, 11) is 0. The molecule has 5 nitrogen and oxygen atoms in total. The number of nitrogens with zero attached hydrogens (tertiary/aromatic N) is 4. The van der Waals surface area contributed by atoms with Crippen LogP contribution < -0.4 is 0 Å². The second kappa shape index (κ2) is 14.4. The van der Waals surface area contributed by atoms with Crippen molar-refractivity contribution in [2.75, 3.05) is 0 Å².